The maximum absolute atomic E-state index is 12.6. The van der Waals surface area contributed by atoms with Crippen molar-refractivity contribution in [1.82, 2.24) is 4.98 Å². The highest BCUT2D eigenvalue weighted by Crippen LogP contribution is 2.30. The first kappa shape index (κ1) is 17.7. The van der Waals surface area contributed by atoms with Gasteiger partial charge in [0.1, 0.15) is 17.0 Å². The second-order valence-corrected chi connectivity index (χ2v) is 5.77. The Labute approximate surface area is 153 Å². The van der Waals surface area contributed by atoms with E-state index >= 15 is 0 Å². The molecule has 0 unspecified atom stereocenters. The van der Waals surface area contributed by atoms with Crippen molar-refractivity contribution in [3.8, 4) is 11.5 Å². The van der Waals surface area contributed by atoms with Crippen molar-refractivity contribution in [2.75, 3.05) is 18.5 Å². The van der Waals surface area contributed by atoms with Crippen LogP contribution >= 0.6 is 0 Å². The van der Waals surface area contributed by atoms with E-state index in [4.69, 9.17) is 9.47 Å². The molecule has 26 heavy (non-hydrogen) atoms. The number of hydrogen-bond donors (Lipinski definition) is 1. The molecular formula is C21H22N2O3. The van der Waals surface area contributed by atoms with Crippen LogP contribution in [0.1, 0.15) is 30.6 Å². The van der Waals surface area contributed by atoms with Gasteiger partial charge in [0, 0.05) is 17.1 Å². The van der Waals surface area contributed by atoms with E-state index in [9.17, 15) is 4.79 Å². The Balaban J connectivity index is 1.82. The maximum Gasteiger partial charge on any atom is 0.255 e. The van der Waals surface area contributed by atoms with Crippen LogP contribution in [0, 0.1) is 0 Å². The number of ether oxygens (including phenoxy) is 2. The number of anilines is 1. The fraction of sp³-hybridized carbons (Fsp3) is 0.238. The van der Waals surface area contributed by atoms with Gasteiger partial charge >= 0.3 is 0 Å². The number of benzene rings is 2. The predicted molar refractivity (Wildman–Crippen MR) is 103 cm³/mol. The number of fused-ring (bicyclic) bond motifs is 1. The summed E-state index contributed by atoms with van der Waals surface area (Å²) >= 11 is 0. The Bertz CT molecular complexity index is 891. The molecule has 2 aromatic carbocycles. The van der Waals surface area contributed by atoms with Gasteiger partial charge in [-0.3, -0.25) is 9.78 Å². The average Bonchev–Trinajstić information content (AvgIpc) is 2.68. The molecule has 5 heteroatoms. The second-order valence-electron chi connectivity index (χ2n) is 5.77. The van der Waals surface area contributed by atoms with Gasteiger partial charge in [0.25, 0.3) is 5.91 Å². The van der Waals surface area contributed by atoms with E-state index in [0.29, 0.717) is 30.2 Å². The zero-order valence-corrected chi connectivity index (χ0v) is 15.0. The fourth-order valence-electron chi connectivity index (χ4n) is 2.64. The molecule has 0 spiro atoms. The molecule has 0 aliphatic carbocycles. The maximum atomic E-state index is 12.6. The third kappa shape index (κ3) is 3.94. The van der Waals surface area contributed by atoms with E-state index in [1.54, 1.807) is 18.3 Å². The van der Waals surface area contributed by atoms with Crippen molar-refractivity contribution in [1.29, 1.82) is 0 Å². The van der Waals surface area contributed by atoms with Crippen molar-refractivity contribution in [3.05, 3.63) is 60.3 Å². The first-order valence-electron chi connectivity index (χ1n) is 8.77. The van der Waals surface area contributed by atoms with Gasteiger partial charge in [-0.1, -0.05) is 6.92 Å². The Kier molecular flexibility index (Phi) is 5.69. The van der Waals surface area contributed by atoms with Crippen LogP contribution < -0.4 is 14.8 Å². The highest BCUT2D eigenvalue weighted by atomic mass is 16.5. The highest BCUT2D eigenvalue weighted by Gasteiger charge is 2.12. The first-order valence-corrected chi connectivity index (χ1v) is 8.77. The van der Waals surface area contributed by atoms with Crippen LogP contribution in [0.3, 0.4) is 0 Å². The monoisotopic (exact) mass is 350 g/mol. The van der Waals surface area contributed by atoms with Crippen LogP contribution in [0.25, 0.3) is 10.9 Å². The Hall–Kier alpha value is -3.08. The molecule has 1 N–H and O–H groups in total. The minimum Gasteiger partial charge on any atom is -0.494 e. The fourth-order valence-corrected chi connectivity index (χ4v) is 2.64. The van der Waals surface area contributed by atoms with E-state index in [-0.39, 0.29) is 5.91 Å². The van der Waals surface area contributed by atoms with Gasteiger partial charge < -0.3 is 14.8 Å². The Morgan fingerprint density at radius 3 is 2.58 bits per heavy atom. The SMILES string of the molecule is CCCOc1ccc(C(=O)Nc2ccc(OCC)c3ncccc23)cc1. The predicted octanol–water partition coefficient (Wildman–Crippen LogP) is 4.67. The summed E-state index contributed by atoms with van der Waals surface area (Å²) in [5.74, 6) is 1.29. The summed E-state index contributed by atoms with van der Waals surface area (Å²) < 4.78 is 11.2. The number of carbonyl (C=O) groups is 1. The lowest BCUT2D eigenvalue weighted by Gasteiger charge is -2.12. The van der Waals surface area contributed by atoms with Crippen LogP contribution in [0.5, 0.6) is 11.5 Å². The van der Waals surface area contributed by atoms with Crippen LogP contribution in [0.2, 0.25) is 0 Å². The molecule has 3 aromatic rings. The van der Waals surface area contributed by atoms with E-state index in [1.807, 2.05) is 43.3 Å². The molecule has 1 aromatic heterocycles. The normalized spacial score (nSPS) is 10.5. The molecule has 3 rings (SSSR count). The van der Waals surface area contributed by atoms with Gasteiger partial charge in [0.15, 0.2) is 0 Å². The van der Waals surface area contributed by atoms with E-state index in [2.05, 4.69) is 17.2 Å². The molecule has 0 aliphatic heterocycles. The van der Waals surface area contributed by atoms with Gasteiger partial charge in [-0.25, -0.2) is 0 Å². The number of carbonyl (C=O) groups excluding carboxylic acids is 1. The number of nitrogens with zero attached hydrogens (tertiary/aromatic N) is 1. The summed E-state index contributed by atoms with van der Waals surface area (Å²) in [5, 5.41) is 3.80. The number of hydrogen-bond acceptors (Lipinski definition) is 4. The number of amides is 1. The molecule has 0 aliphatic rings. The number of rotatable bonds is 7. The minimum atomic E-state index is -0.179. The molecule has 0 saturated heterocycles. The summed E-state index contributed by atoms with van der Waals surface area (Å²) in [5.41, 5.74) is 2.00. The lowest BCUT2D eigenvalue weighted by molar-refractivity contribution is 0.102. The number of nitrogens with one attached hydrogen (secondary N) is 1. The molecular weight excluding hydrogens is 328 g/mol. The standard InChI is InChI=1S/C21H22N2O3/c1-3-14-26-16-9-7-15(8-10-16)21(24)23-18-11-12-19(25-4-2)20-17(18)6-5-13-22-20/h5-13H,3-4,14H2,1-2H3,(H,23,24). The van der Waals surface area contributed by atoms with Gasteiger partial charge in [-0.2, -0.15) is 0 Å². The van der Waals surface area contributed by atoms with Crippen LogP contribution in [0.15, 0.2) is 54.7 Å². The van der Waals surface area contributed by atoms with Crippen molar-refractivity contribution >= 4 is 22.5 Å². The smallest absolute Gasteiger partial charge is 0.255 e. The third-order valence-corrected chi connectivity index (χ3v) is 3.87. The molecule has 0 bridgehead atoms. The second kappa shape index (κ2) is 8.34. The molecule has 1 amide bonds. The third-order valence-electron chi connectivity index (χ3n) is 3.87. The summed E-state index contributed by atoms with van der Waals surface area (Å²) in [6, 6.07) is 14.6. The minimum absolute atomic E-state index is 0.179. The number of aromatic nitrogens is 1. The zero-order valence-electron chi connectivity index (χ0n) is 15.0. The summed E-state index contributed by atoms with van der Waals surface area (Å²) in [6.45, 7) is 5.21. The summed E-state index contributed by atoms with van der Waals surface area (Å²) in [4.78, 5) is 17.0. The topological polar surface area (TPSA) is 60.5 Å². The van der Waals surface area contributed by atoms with Gasteiger partial charge in [-0.15, -0.1) is 0 Å². The lowest BCUT2D eigenvalue weighted by Crippen LogP contribution is -2.12. The molecule has 1 heterocycles. The van der Waals surface area contributed by atoms with E-state index < -0.39 is 0 Å². The van der Waals surface area contributed by atoms with Gasteiger partial charge in [0.05, 0.1) is 18.9 Å². The summed E-state index contributed by atoms with van der Waals surface area (Å²) in [7, 11) is 0. The average molecular weight is 350 g/mol. The molecule has 0 radical (unpaired) electrons. The van der Waals surface area contributed by atoms with Gasteiger partial charge in [0.2, 0.25) is 0 Å². The molecule has 5 nitrogen and oxygen atoms in total. The van der Waals surface area contributed by atoms with E-state index in [0.717, 1.165) is 23.1 Å². The first-order chi connectivity index (χ1) is 12.7. The Morgan fingerprint density at radius 1 is 1.04 bits per heavy atom. The van der Waals surface area contributed by atoms with Crippen molar-refractivity contribution in [2.45, 2.75) is 20.3 Å². The van der Waals surface area contributed by atoms with Crippen LogP contribution in [0.4, 0.5) is 5.69 Å². The molecule has 0 atom stereocenters. The van der Waals surface area contributed by atoms with Crippen molar-refractivity contribution in [2.24, 2.45) is 0 Å². The molecule has 0 saturated carbocycles. The quantitative estimate of drug-likeness (QED) is 0.672. The van der Waals surface area contributed by atoms with Gasteiger partial charge in [-0.05, 0) is 61.9 Å². The van der Waals surface area contributed by atoms with E-state index in [1.165, 1.54) is 0 Å². The Morgan fingerprint density at radius 2 is 1.85 bits per heavy atom. The largest absolute Gasteiger partial charge is 0.494 e. The summed E-state index contributed by atoms with van der Waals surface area (Å²) in [6.07, 6.45) is 2.66. The zero-order chi connectivity index (χ0) is 18.4. The molecule has 134 valence electrons. The van der Waals surface area contributed by atoms with Crippen molar-refractivity contribution in [3.63, 3.8) is 0 Å². The number of pyridine rings is 1. The highest BCUT2D eigenvalue weighted by molar-refractivity contribution is 6.09. The van der Waals surface area contributed by atoms with Crippen molar-refractivity contribution < 1.29 is 14.3 Å². The van der Waals surface area contributed by atoms with Crippen LogP contribution in [-0.2, 0) is 0 Å². The molecule has 0 fully saturated rings. The van der Waals surface area contributed by atoms with Crippen LogP contribution in [-0.4, -0.2) is 24.1 Å². The lowest BCUT2D eigenvalue weighted by atomic mass is 10.1.